The highest BCUT2D eigenvalue weighted by molar-refractivity contribution is 7.88. The predicted molar refractivity (Wildman–Crippen MR) is 80.8 cm³/mol. The lowest BCUT2D eigenvalue weighted by atomic mass is 10.1. The van der Waals surface area contributed by atoms with Crippen molar-refractivity contribution in [3.05, 3.63) is 35.4 Å². The molecule has 0 bridgehead atoms. The quantitative estimate of drug-likeness (QED) is 0.811. The molecule has 1 saturated heterocycles. The summed E-state index contributed by atoms with van der Waals surface area (Å²) in [4.78, 5) is 11.8. The molecule has 1 fully saturated rings. The van der Waals surface area contributed by atoms with Crippen LogP contribution in [0.4, 0.5) is 0 Å². The number of benzene rings is 1. The standard InChI is InChI=1S/C14H21N3O3S/c1-16-14(18)13-6-3-7-17(13)21(19,20)10-12-5-2-4-11(8-12)9-15/h2,4-5,8,13H,3,6-7,9-10,15H2,1H3,(H,16,18). The van der Waals surface area contributed by atoms with Gasteiger partial charge in [0.2, 0.25) is 15.9 Å². The van der Waals surface area contributed by atoms with E-state index in [1.54, 1.807) is 18.2 Å². The predicted octanol–water partition coefficient (Wildman–Crippen LogP) is 0.186. The van der Waals surface area contributed by atoms with Crippen LogP contribution in [-0.4, -0.2) is 38.3 Å². The minimum Gasteiger partial charge on any atom is -0.358 e. The van der Waals surface area contributed by atoms with Crippen molar-refractivity contribution < 1.29 is 13.2 Å². The van der Waals surface area contributed by atoms with Gasteiger partial charge in [-0.2, -0.15) is 4.31 Å². The third-order valence-corrected chi connectivity index (χ3v) is 5.54. The van der Waals surface area contributed by atoms with Crippen molar-refractivity contribution in [2.75, 3.05) is 13.6 Å². The number of likely N-dealkylation sites (N-methyl/N-ethyl adjacent to an activating group) is 1. The largest absolute Gasteiger partial charge is 0.358 e. The molecule has 0 saturated carbocycles. The van der Waals surface area contributed by atoms with Gasteiger partial charge in [-0.15, -0.1) is 0 Å². The third kappa shape index (κ3) is 3.61. The lowest BCUT2D eigenvalue weighted by Crippen LogP contribution is -2.45. The summed E-state index contributed by atoms with van der Waals surface area (Å²) in [6, 6.07) is 6.63. The summed E-state index contributed by atoms with van der Waals surface area (Å²) in [6.45, 7) is 0.773. The van der Waals surface area contributed by atoms with Crippen LogP contribution in [-0.2, 0) is 27.1 Å². The molecular formula is C14H21N3O3S. The Balaban J connectivity index is 2.19. The average Bonchev–Trinajstić information content (AvgIpc) is 2.96. The molecule has 1 atom stereocenters. The number of nitrogens with one attached hydrogen (secondary N) is 1. The molecule has 6 nitrogen and oxygen atoms in total. The van der Waals surface area contributed by atoms with Gasteiger partial charge in [-0.25, -0.2) is 8.42 Å². The van der Waals surface area contributed by atoms with Gasteiger partial charge in [-0.3, -0.25) is 4.79 Å². The SMILES string of the molecule is CNC(=O)C1CCCN1S(=O)(=O)Cc1cccc(CN)c1. The molecule has 116 valence electrons. The summed E-state index contributed by atoms with van der Waals surface area (Å²) in [7, 11) is -1.99. The molecule has 1 heterocycles. The van der Waals surface area contributed by atoms with E-state index in [9.17, 15) is 13.2 Å². The second kappa shape index (κ2) is 6.55. The topological polar surface area (TPSA) is 92.5 Å². The molecule has 0 aliphatic carbocycles. The van der Waals surface area contributed by atoms with E-state index < -0.39 is 16.1 Å². The molecule has 1 aliphatic heterocycles. The van der Waals surface area contributed by atoms with Crippen LogP contribution in [0.3, 0.4) is 0 Å². The number of rotatable bonds is 5. The minimum atomic E-state index is -3.51. The number of sulfonamides is 1. The summed E-state index contributed by atoms with van der Waals surface area (Å²) in [5.74, 6) is -0.347. The van der Waals surface area contributed by atoms with Crippen molar-refractivity contribution in [2.45, 2.75) is 31.2 Å². The highest BCUT2D eigenvalue weighted by Gasteiger charge is 2.38. The fourth-order valence-corrected chi connectivity index (χ4v) is 4.40. The molecular weight excluding hydrogens is 290 g/mol. The number of nitrogens with zero attached hydrogens (tertiary/aromatic N) is 1. The maximum absolute atomic E-state index is 12.5. The van der Waals surface area contributed by atoms with E-state index in [0.29, 0.717) is 31.5 Å². The smallest absolute Gasteiger partial charge is 0.238 e. The normalized spacial score (nSPS) is 19.6. The first-order valence-corrected chi connectivity index (χ1v) is 8.58. The van der Waals surface area contributed by atoms with E-state index in [2.05, 4.69) is 5.32 Å². The van der Waals surface area contributed by atoms with Crippen LogP contribution >= 0.6 is 0 Å². The molecule has 1 aliphatic rings. The highest BCUT2D eigenvalue weighted by atomic mass is 32.2. The maximum Gasteiger partial charge on any atom is 0.238 e. The van der Waals surface area contributed by atoms with E-state index in [1.807, 2.05) is 6.07 Å². The number of hydrogen-bond acceptors (Lipinski definition) is 4. The van der Waals surface area contributed by atoms with Crippen LogP contribution in [0.5, 0.6) is 0 Å². The van der Waals surface area contributed by atoms with Crippen LogP contribution in [0.1, 0.15) is 24.0 Å². The van der Waals surface area contributed by atoms with Gasteiger partial charge in [0.15, 0.2) is 0 Å². The molecule has 7 heteroatoms. The van der Waals surface area contributed by atoms with Gasteiger partial charge in [0.05, 0.1) is 5.75 Å². The zero-order valence-electron chi connectivity index (χ0n) is 12.1. The second-order valence-corrected chi connectivity index (χ2v) is 7.08. The first-order valence-electron chi connectivity index (χ1n) is 6.97. The highest BCUT2D eigenvalue weighted by Crippen LogP contribution is 2.23. The van der Waals surface area contributed by atoms with E-state index in [1.165, 1.54) is 11.4 Å². The van der Waals surface area contributed by atoms with Crippen molar-refractivity contribution in [3.8, 4) is 0 Å². The van der Waals surface area contributed by atoms with Crippen molar-refractivity contribution in [1.29, 1.82) is 0 Å². The van der Waals surface area contributed by atoms with Gasteiger partial charge in [0.25, 0.3) is 0 Å². The first-order chi connectivity index (χ1) is 9.97. The zero-order valence-corrected chi connectivity index (χ0v) is 12.9. The average molecular weight is 311 g/mol. The molecule has 2 rings (SSSR count). The fourth-order valence-electron chi connectivity index (χ4n) is 2.64. The van der Waals surface area contributed by atoms with Crippen LogP contribution in [0.25, 0.3) is 0 Å². The van der Waals surface area contributed by atoms with Gasteiger partial charge in [-0.05, 0) is 24.0 Å². The number of amides is 1. The number of carbonyl (C=O) groups excluding carboxylic acids is 1. The van der Waals surface area contributed by atoms with Gasteiger partial charge >= 0.3 is 0 Å². The minimum absolute atomic E-state index is 0.103. The van der Waals surface area contributed by atoms with Crippen LogP contribution in [0.15, 0.2) is 24.3 Å². The lowest BCUT2D eigenvalue weighted by Gasteiger charge is -2.22. The summed E-state index contributed by atoms with van der Waals surface area (Å²) >= 11 is 0. The van der Waals surface area contributed by atoms with Crippen LogP contribution < -0.4 is 11.1 Å². The van der Waals surface area contributed by atoms with Crippen LogP contribution in [0, 0.1) is 0 Å². The van der Waals surface area contributed by atoms with Gasteiger partial charge in [0, 0.05) is 20.1 Å². The number of carbonyl (C=O) groups is 1. The summed E-state index contributed by atoms with van der Waals surface area (Å²) in [5, 5.41) is 2.53. The Hall–Kier alpha value is -1.44. The molecule has 1 aromatic rings. The van der Waals surface area contributed by atoms with E-state index >= 15 is 0 Å². The summed E-state index contributed by atoms with van der Waals surface area (Å²) < 4.78 is 26.4. The lowest BCUT2D eigenvalue weighted by molar-refractivity contribution is -0.123. The Morgan fingerprint density at radius 2 is 2.14 bits per heavy atom. The molecule has 0 spiro atoms. The first kappa shape index (κ1) is 15.9. The third-order valence-electron chi connectivity index (χ3n) is 3.69. The Morgan fingerprint density at radius 1 is 1.43 bits per heavy atom. The van der Waals surface area contributed by atoms with E-state index in [0.717, 1.165) is 5.56 Å². The van der Waals surface area contributed by atoms with Gasteiger partial charge in [0.1, 0.15) is 6.04 Å². The molecule has 1 amide bonds. The van der Waals surface area contributed by atoms with Crippen molar-refractivity contribution in [1.82, 2.24) is 9.62 Å². The number of hydrogen-bond donors (Lipinski definition) is 2. The number of nitrogens with two attached hydrogens (primary N) is 1. The maximum atomic E-state index is 12.5. The van der Waals surface area contributed by atoms with Crippen LogP contribution in [0.2, 0.25) is 0 Å². The van der Waals surface area contributed by atoms with Gasteiger partial charge in [-0.1, -0.05) is 24.3 Å². The van der Waals surface area contributed by atoms with Crippen molar-refractivity contribution in [2.24, 2.45) is 5.73 Å². The molecule has 0 aromatic heterocycles. The molecule has 1 aromatic carbocycles. The zero-order chi connectivity index (χ0) is 15.5. The molecule has 0 radical (unpaired) electrons. The Morgan fingerprint density at radius 3 is 2.81 bits per heavy atom. The van der Waals surface area contributed by atoms with E-state index in [4.69, 9.17) is 5.73 Å². The fraction of sp³-hybridized carbons (Fsp3) is 0.500. The Labute approximate surface area is 125 Å². The second-order valence-electron chi connectivity index (χ2n) is 5.16. The summed E-state index contributed by atoms with van der Waals surface area (Å²) in [6.07, 6.45) is 1.28. The van der Waals surface area contributed by atoms with E-state index in [-0.39, 0.29) is 11.7 Å². The monoisotopic (exact) mass is 311 g/mol. The van der Waals surface area contributed by atoms with Crippen molar-refractivity contribution in [3.63, 3.8) is 0 Å². The van der Waals surface area contributed by atoms with Gasteiger partial charge < -0.3 is 11.1 Å². The Kier molecular flexibility index (Phi) is 4.97. The summed E-state index contributed by atoms with van der Waals surface area (Å²) in [5.41, 5.74) is 7.16. The molecule has 3 N–H and O–H groups in total. The molecule has 1 unspecified atom stereocenters. The molecule has 21 heavy (non-hydrogen) atoms. The van der Waals surface area contributed by atoms with Crippen molar-refractivity contribution >= 4 is 15.9 Å². The Bertz CT molecular complexity index is 616.